The number of rotatable bonds is 7. The number of nitrogens with two attached hydrogens (primary N) is 1. The van der Waals surface area contributed by atoms with E-state index in [0.717, 1.165) is 43.5 Å². The molecule has 5 rings (SSSR count). The van der Waals surface area contributed by atoms with Crippen LogP contribution in [0.1, 0.15) is 58.4 Å². The molecule has 0 radical (unpaired) electrons. The van der Waals surface area contributed by atoms with Gasteiger partial charge in [0, 0.05) is 42.9 Å². The summed E-state index contributed by atoms with van der Waals surface area (Å²) < 4.78 is 43.0. The van der Waals surface area contributed by atoms with Crippen molar-refractivity contribution in [3.8, 4) is 5.75 Å². The van der Waals surface area contributed by atoms with Gasteiger partial charge in [0.1, 0.15) is 5.75 Å². The first kappa shape index (κ1) is 34.3. The van der Waals surface area contributed by atoms with E-state index >= 15 is 0 Å². The number of anilines is 3. The molecule has 2 aromatic heterocycles. The highest BCUT2D eigenvalue weighted by Crippen LogP contribution is 2.28. The molecule has 1 saturated heterocycles. The van der Waals surface area contributed by atoms with Crippen molar-refractivity contribution in [3.63, 3.8) is 0 Å². The average Bonchev–Trinajstić information content (AvgIpc) is 3.35. The smallest absolute Gasteiger partial charge is 0.406 e. The molecular weight excluding hydrogens is 610 g/mol. The zero-order valence-electron chi connectivity index (χ0n) is 23.9. The van der Waals surface area contributed by atoms with E-state index in [1.807, 2.05) is 4.57 Å². The zero-order valence-corrected chi connectivity index (χ0v) is 25.6. The number of alkyl halides is 3. The predicted molar refractivity (Wildman–Crippen MR) is 164 cm³/mol. The number of hydrogen-bond donors (Lipinski definition) is 4. The molecule has 3 aromatic rings. The van der Waals surface area contributed by atoms with Gasteiger partial charge in [0.05, 0.1) is 6.33 Å². The summed E-state index contributed by atoms with van der Waals surface area (Å²) >= 11 is 0. The van der Waals surface area contributed by atoms with Gasteiger partial charge in [-0.1, -0.05) is 0 Å². The first-order valence-electron chi connectivity index (χ1n) is 14.0. The summed E-state index contributed by atoms with van der Waals surface area (Å²) in [4.78, 5) is 28.7. The van der Waals surface area contributed by atoms with Crippen molar-refractivity contribution in [2.24, 2.45) is 5.73 Å². The van der Waals surface area contributed by atoms with Crippen LogP contribution in [-0.4, -0.2) is 68.0 Å². The maximum absolute atomic E-state index is 12.8. The highest BCUT2D eigenvalue weighted by molar-refractivity contribution is 5.89. The van der Waals surface area contributed by atoms with Gasteiger partial charge in [-0.15, -0.1) is 38.0 Å². The SMILES string of the molecule is CC(C)n1cnc2c(NC3CCN(C(=O)Nc4ccc(OC(F)(F)F)cc4)CC3)nc(NC3CCC(N)CC3)nc21.Cl.Cl. The van der Waals surface area contributed by atoms with Crippen LogP contribution in [0.25, 0.3) is 11.2 Å². The van der Waals surface area contributed by atoms with Crippen LogP contribution in [0.3, 0.4) is 0 Å². The summed E-state index contributed by atoms with van der Waals surface area (Å²) in [6.07, 6.45) is 2.28. The van der Waals surface area contributed by atoms with E-state index in [1.165, 1.54) is 12.1 Å². The molecule has 2 aliphatic rings. The highest BCUT2D eigenvalue weighted by atomic mass is 35.5. The molecule has 0 spiro atoms. The number of fused-ring (bicyclic) bond motifs is 1. The third kappa shape index (κ3) is 8.89. The number of piperidine rings is 1. The number of halogens is 5. The van der Waals surface area contributed by atoms with Crippen LogP contribution in [0.4, 0.5) is 35.4 Å². The Morgan fingerprint density at radius 2 is 1.60 bits per heavy atom. The van der Waals surface area contributed by atoms with Crippen molar-refractivity contribution in [2.75, 3.05) is 29.0 Å². The van der Waals surface area contributed by atoms with Gasteiger partial charge in [0.15, 0.2) is 17.0 Å². The van der Waals surface area contributed by atoms with Gasteiger partial charge in [-0.3, -0.25) is 0 Å². The number of nitrogens with one attached hydrogen (secondary N) is 3. The summed E-state index contributed by atoms with van der Waals surface area (Å²) in [5, 5.41) is 9.78. The lowest BCUT2D eigenvalue weighted by atomic mass is 9.92. The Kier molecular flexibility index (Phi) is 11.6. The van der Waals surface area contributed by atoms with Crippen LogP contribution in [0.15, 0.2) is 30.6 Å². The number of carbonyl (C=O) groups is 1. The standard InChI is InChI=1S/C27H36F3N9O2.2ClH/c1-16(2)39-15-32-22-23(36-25(37-24(22)39)34-18-5-3-17(31)4-6-18)33-20-11-13-38(14-12-20)26(40)35-19-7-9-21(10-8-19)41-27(28,29)30;;/h7-10,15-18,20H,3-6,11-14,31H2,1-2H3,(H,35,40)(H2,33,34,36,37);2*1H. The van der Waals surface area contributed by atoms with Gasteiger partial charge < -0.3 is 35.9 Å². The third-order valence-electron chi connectivity index (χ3n) is 7.55. The number of aromatic nitrogens is 4. The third-order valence-corrected chi connectivity index (χ3v) is 7.55. The Balaban J connectivity index is 0.00000253. The van der Waals surface area contributed by atoms with Crippen molar-refractivity contribution in [1.29, 1.82) is 0 Å². The van der Waals surface area contributed by atoms with Gasteiger partial charge in [-0.05, 0) is 76.6 Å². The summed E-state index contributed by atoms with van der Waals surface area (Å²) in [6, 6.07) is 5.52. The van der Waals surface area contributed by atoms with E-state index in [4.69, 9.17) is 15.7 Å². The molecule has 5 N–H and O–H groups in total. The zero-order chi connectivity index (χ0) is 29.1. The first-order chi connectivity index (χ1) is 19.5. The number of imidazole rings is 1. The van der Waals surface area contributed by atoms with Crippen LogP contribution in [-0.2, 0) is 0 Å². The second kappa shape index (κ2) is 14.5. The van der Waals surface area contributed by atoms with Gasteiger partial charge in [-0.25, -0.2) is 9.78 Å². The van der Waals surface area contributed by atoms with Crippen molar-refractivity contribution in [1.82, 2.24) is 24.4 Å². The van der Waals surface area contributed by atoms with Crippen LogP contribution in [0.2, 0.25) is 0 Å². The predicted octanol–water partition coefficient (Wildman–Crippen LogP) is 5.94. The van der Waals surface area contributed by atoms with Crippen molar-refractivity contribution < 1.29 is 22.7 Å². The molecule has 2 fully saturated rings. The van der Waals surface area contributed by atoms with E-state index in [9.17, 15) is 18.0 Å². The van der Waals surface area contributed by atoms with Crippen LogP contribution in [0.5, 0.6) is 5.75 Å². The fourth-order valence-electron chi connectivity index (χ4n) is 5.27. The molecule has 1 saturated carbocycles. The minimum Gasteiger partial charge on any atom is -0.406 e. The number of likely N-dealkylation sites (tertiary alicyclic amines) is 1. The minimum absolute atomic E-state index is 0. The second-order valence-electron chi connectivity index (χ2n) is 11.0. The molecular formula is C27H38Cl2F3N9O2. The van der Waals surface area contributed by atoms with E-state index in [-0.39, 0.29) is 60.8 Å². The summed E-state index contributed by atoms with van der Waals surface area (Å²) in [5.74, 6) is 0.876. The molecule has 11 nitrogen and oxygen atoms in total. The lowest BCUT2D eigenvalue weighted by molar-refractivity contribution is -0.274. The molecule has 0 unspecified atom stereocenters. The molecule has 0 bridgehead atoms. The van der Waals surface area contributed by atoms with Crippen molar-refractivity contribution in [3.05, 3.63) is 30.6 Å². The van der Waals surface area contributed by atoms with E-state index in [1.54, 1.807) is 11.2 Å². The molecule has 16 heteroatoms. The van der Waals surface area contributed by atoms with Gasteiger partial charge >= 0.3 is 12.4 Å². The highest BCUT2D eigenvalue weighted by Gasteiger charge is 2.31. The summed E-state index contributed by atoms with van der Waals surface area (Å²) in [5.41, 5.74) is 7.92. The first-order valence-corrected chi connectivity index (χ1v) is 14.0. The Morgan fingerprint density at radius 1 is 0.977 bits per heavy atom. The fourth-order valence-corrected chi connectivity index (χ4v) is 5.27. The maximum Gasteiger partial charge on any atom is 0.573 e. The van der Waals surface area contributed by atoms with E-state index in [0.29, 0.717) is 48.9 Å². The summed E-state index contributed by atoms with van der Waals surface area (Å²) in [7, 11) is 0. The quantitative estimate of drug-likeness (QED) is 0.247. The van der Waals surface area contributed by atoms with Gasteiger partial charge in [0.25, 0.3) is 0 Å². The van der Waals surface area contributed by atoms with E-state index in [2.05, 4.69) is 39.5 Å². The lowest BCUT2D eigenvalue weighted by Gasteiger charge is -2.32. The number of amides is 2. The topological polar surface area (TPSA) is 135 Å². The molecule has 43 heavy (non-hydrogen) atoms. The number of urea groups is 1. The molecule has 1 aliphatic heterocycles. The van der Waals surface area contributed by atoms with E-state index < -0.39 is 6.36 Å². The number of hydrogen-bond acceptors (Lipinski definition) is 8. The number of nitrogens with zero attached hydrogens (tertiary/aromatic N) is 5. The molecule has 1 aliphatic carbocycles. The normalized spacial score (nSPS) is 19.4. The lowest BCUT2D eigenvalue weighted by Crippen LogP contribution is -2.44. The maximum atomic E-state index is 12.8. The van der Waals surface area contributed by atoms with Crippen molar-refractivity contribution >= 4 is 59.5 Å². The van der Waals surface area contributed by atoms with Crippen LogP contribution < -0.4 is 26.4 Å². The number of ether oxygens (including phenoxy) is 1. The molecule has 1 aromatic carbocycles. The molecule has 0 atom stereocenters. The fraction of sp³-hybridized carbons (Fsp3) is 0.556. The molecule has 238 valence electrons. The average molecular weight is 649 g/mol. The Bertz CT molecular complexity index is 1340. The molecule has 2 amide bonds. The summed E-state index contributed by atoms with van der Waals surface area (Å²) in [6.45, 7) is 5.16. The monoisotopic (exact) mass is 647 g/mol. The van der Waals surface area contributed by atoms with Gasteiger partial charge in [-0.2, -0.15) is 9.97 Å². The minimum atomic E-state index is -4.77. The van der Waals surface area contributed by atoms with Crippen LogP contribution in [0, 0.1) is 0 Å². The Morgan fingerprint density at radius 3 is 2.21 bits per heavy atom. The number of benzene rings is 1. The number of carbonyl (C=O) groups excluding carboxylic acids is 1. The Hall–Kier alpha value is -3.23. The van der Waals surface area contributed by atoms with Crippen LogP contribution >= 0.6 is 24.8 Å². The van der Waals surface area contributed by atoms with Gasteiger partial charge in [0.2, 0.25) is 5.95 Å². The molecule has 3 heterocycles. The second-order valence-corrected chi connectivity index (χ2v) is 11.0. The largest absolute Gasteiger partial charge is 0.573 e. The Labute approximate surface area is 260 Å². The van der Waals surface area contributed by atoms with Crippen molar-refractivity contribution in [2.45, 2.75) is 82.9 Å².